The number of thiocarbonyl (C=S) groups is 2. The first-order valence-electron chi connectivity index (χ1n) is 8.06. The fourth-order valence-electron chi connectivity index (χ4n) is 2.34. The van der Waals surface area contributed by atoms with E-state index in [0.29, 0.717) is 27.4 Å². The number of nitrogens with zero attached hydrogens (tertiary/aromatic N) is 3. The first kappa shape index (κ1) is 19.8. The summed E-state index contributed by atoms with van der Waals surface area (Å²) >= 11 is 22.8. The van der Waals surface area contributed by atoms with Gasteiger partial charge in [-0.05, 0) is 54.2 Å². The highest BCUT2D eigenvalue weighted by Crippen LogP contribution is 2.16. The maximum absolute atomic E-state index is 5.92. The Morgan fingerprint density at radius 3 is 2.22 bits per heavy atom. The normalized spacial score (nSPS) is 10.5. The molecule has 0 unspecified atom stereocenters. The SMILES string of the molecule is CN(C(=S)Cc1ccc(Cl)cc1)c1ccn(C(=S)Nc2ccc(Cl)cc2)n1. The van der Waals surface area contributed by atoms with Gasteiger partial charge in [0.05, 0.1) is 4.99 Å². The van der Waals surface area contributed by atoms with Gasteiger partial charge in [-0.15, -0.1) is 5.10 Å². The number of halogens is 2. The molecule has 0 saturated heterocycles. The molecule has 0 bridgehead atoms. The van der Waals surface area contributed by atoms with Crippen molar-refractivity contribution in [3.8, 4) is 0 Å². The number of aromatic nitrogens is 2. The van der Waals surface area contributed by atoms with Crippen LogP contribution in [0.2, 0.25) is 10.0 Å². The Morgan fingerprint density at radius 2 is 1.59 bits per heavy atom. The zero-order valence-corrected chi connectivity index (χ0v) is 17.5. The Labute approximate surface area is 178 Å². The van der Waals surface area contributed by atoms with Crippen molar-refractivity contribution in [2.75, 3.05) is 17.3 Å². The van der Waals surface area contributed by atoms with Crippen LogP contribution in [0.4, 0.5) is 11.5 Å². The monoisotopic (exact) mass is 434 g/mol. The van der Waals surface area contributed by atoms with E-state index < -0.39 is 0 Å². The van der Waals surface area contributed by atoms with E-state index in [9.17, 15) is 0 Å². The number of rotatable bonds is 4. The minimum absolute atomic E-state index is 0.459. The van der Waals surface area contributed by atoms with Gasteiger partial charge in [-0.3, -0.25) is 0 Å². The number of anilines is 2. The van der Waals surface area contributed by atoms with Gasteiger partial charge in [0, 0.05) is 41.5 Å². The van der Waals surface area contributed by atoms with Crippen molar-refractivity contribution < 1.29 is 0 Å². The summed E-state index contributed by atoms with van der Waals surface area (Å²) in [6, 6.07) is 16.8. The van der Waals surface area contributed by atoms with E-state index >= 15 is 0 Å². The summed E-state index contributed by atoms with van der Waals surface area (Å²) in [7, 11) is 1.89. The van der Waals surface area contributed by atoms with E-state index in [0.717, 1.165) is 16.2 Å². The molecule has 0 atom stereocenters. The van der Waals surface area contributed by atoms with Crippen LogP contribution in [0.25, 0.3) is 0 Å². The number of likely N-dealkylation sites (N-methyl/N-ethyl adjacent to an activating group) is 1. The van der Waals surface area contributed by atoms with Crippen molar-refractivity contribution in [1.29, 1.82) is 0 Å². The Balaban J connectivity index is 1.64. The van der Waals surface area contributed by atoms with Gasteiger partial charge >= 0.3 is 0 Å². The minimum atomic E-state index is 0.459. The van der Waals surface area contributed by atoms with Crippen LogP contribution in [0.3, 0.4) is 0 Å². The van der Waals surface area contributed by atoms with Gasteiger partial charge in [-0.1, -0.05) is 47.6 Å². The van der Waals surface area contributed by atoms with Crippen molar-refractivity contribution in [1.82, 2.24) is 9.78 Å². The van der Waals surface area contributed by atoms with Crippen LogP contribution in [0, 0.1) is 0 Å². The Morgan fingerprint density at radius 1 is 1.00 bits per heavy atom. The average Bonchev–Trinajstić information content (AvgIpc) is 3.15. The predicted molar refractivity (Wildman–Crippen MR) is 121 cm³/mol. The van der Waals surface area contributed by atoms with Crippen LogP contribution in [0.5, 0.6) is 0 Å². The van der Waals surface area contributed by atoms with Gasteiger partial charge in [0.15, 0.2) is 10.9 Å². The van der Waals surface area contributed by atoms with Gasteiger partial charge in [0.1, 0.15) is 0 Å². The van der Waals surface area contributed by atoms with Crippen LogP contribution >= 0.6 is 47.6 Å². The topological polar surface area (TPSA) is 33.1 Å². The predicted octanol–water partition coefficient (Wildman–Crippen LogP) is 5.44. The molecule has 27 heavy (non-hydrogen) atoms. The van der Waals surface area contributed by atoms with Crippen molar-refractivity contribution in [3.05, 3.63) is 76.4 Å². The second kappa shape index (κ2) is 8.80. The molecule has 1 heterocycles. The van der Waals surface area contributed by atoms with Gasteiger partial charge in [0.2, 0.25) is 0 Å². The Hall–Kier alpha value is -1.99. The molecule has 138 valence electrons. The highest BCUT2D eigenvalue weighted by Gasteiger charge is 2.12. The Kier molecular flexibility index (Phi) is 6.44. The van der Waals surface area contributed by atoms with Gasteiger partial charge in [0.25, 0.3) is 0 Å². The summed E-state index contributed by atoms with van der Waals surface area (Å²) in [5, 5.41) is 9.46. The molecule has 8 heteroatoms. The second-order valence-corrected chi connectivity index (χ2v) is 7.54. The molecule has 0 saturated carbocycles. The fourth-order valence-corrected chi connectivity index (χ4v) is 3.08. The van der Waals surface area contributed by atoms with E-state index in [1.807, 2.05) is 54.4 Å². The van der Waals surface area contributed by atoms with Crippen molar-refractivity contribution in [3.63, 3.8) is 0 Å². The summed E-state index contributed by atoms with van der Waals surface area (Å²) in [4.78, 5) is 2.62. The number of hydrogen-bond donors (Lipinski definition) is 1. The highest BCUT2D eigenvalue weighted by molar-refractivity contribution is 7.80. The number of hydrogen-bond acceptors (Lipinski definition) is 3. The standard InChI is InChI=1S/C19H16Cl2N4S2/c1-24(18(26)12-13-2-4-14(20)5-3-13)17-10-11-25(23-17)19(27)22-16-8-6-15(21)7-9-16/h2-11H,12H2,1H3,(H,22,27). The molecule has 1 N–H and O–H groups in total. The third-order valence-electron chi connectivity index (χ3n) is 3.86. The van der Waals surface area contributed by atoms with Crippen LogP contribution in [-0.2, 0) is 6.42 Å². The molecular formula is C19H16Cl2N4S2. The summed E-state index contributed by atoms with van der Waals surface area (Å²) in [5.74, 6) is 0.717. The molecule has 2 aromatic carbocycles. The van der Waals surface area contributed by atoms with Crippen molar-refractivity contribution in [2.45, 2.75) is 6.42 Å². The van der Waals surface area contributed by atoms with Crippen LogP contribution < -0.4 is 10.2 Å². The first-order valence-corrected chi connectivity index (χ1v) is 9.63. The van der Waals surface area contributed by atoms with Gasteiger partial charge in [-0.25, -0.2) is 4.68 Å². The van der Waals surface area contributed by atoms with E-state index in [2.05, 4.69) is 10.4 Å². The molecule has 0 aliphatic carbocycles. The van der Waals surface area contributed by atoms with E-state index in [-0.39, 0.29) is 0 Å². The quantitative estimate of drug-likeness (QED) is 0.552. The van der Waals surface area contributed by atoms with Crippen LogP contribution in [0.1, 0.15) is 5.56 Å². The molecule has 0 amide bonds. The zero-order valence-electron chi connectivity index (χ0n) is 14.4. The molecule has 3 aromatic rings. The zero-order chi connectivity index (χ0) is 19.4. The molecule has 1 aromatic heterocycles. The van der Waals surface area contributed by atoms with E-state index in [1.54, 1.807) is 23.0 Å². The molecule has 0 aliphatic heterocycles. The highest BCUT2D eigenvalue weighted by atomic mass is 35.5. The lowest BCUT2D eigenvalue weighted by atomic mass is 10.1. The third-order valence-corrected chi connectivity index (χ3v) is 5.08. The summed E-state index contributed by atoms with van der Waals surface area (Å²) in [5.41, 5.74) is 1.93. The van der Waals surface area contributed by atoms with Crippen molar-refractivity contribution >= 4 is 69.2 Å². The van der Waals surface area contributed by atoms with Gasteiger partial charge in [-0.2, -0.15) is 0 Å². The number of benzene rings is 2. The second-order valence-electron chi connectivity index (χ2n) is 5.81. The maximum atomic E-state index is 5.92. The molecular weight excluding hydrogens is 419 g/mol. The molecule has 0 spiro atoms. The van der Waals surface area contributed by atoms with E-state index in [4.69, 9.17) is 47.6 Å². The van der Waals surface area contributed by atoms with Gasteiger partial charge < -0.3 is 10.2 Å². The maximum Gasteiger partial charge on any atom is 0.198 e. The molecule has 3 rings (SSSR count). The fraction of sp³-hybridized carbons (Fsp3) is 0.105. The lowest BCUT2D eigenvalue weighted by molar-refractivity contribution is 0.935. The Bertz CT molecular complexity index is 953. The average molecular weight is 435 g/mol. The third kappa shape index (κ3) is 5.26. The lowest BCUT2D eigenvalue weighted by Crippen LogP contribution is -2.27. The largest absolute Gasteiger partial charge is 0.331 e. The minimum Gasteiger partial charge on any atom is -0.331 e. The van der Waals surface area contributed by atoms with Crippen molar-refractivity contribution in [2.24, 2.45) is 0 Å². The molecule has 0 aliphatic rings. The molecule has 0 radical (unpaired) electrons. The van der Waals surface area contributed by atoms with Crippen LogP contribution in [-0.4, -0.2) is 26.9 Å². The first-order chi connectivity index (χ1) is 12.9. The summed E-state index contributed by atoms with van der Waals surface area (Å²) in [6.45, 7) is 0. The summed E-state index contributed by atoms with van der Waals surface area (Å²) in [6.07, 6.45) is 2.42. The van der Waals surface area contributed by atoms with E-state index in [1.165, 1.54) is 0 Å². The molecule has 4 nitrogen and oxygen atoms in total. The smallest absolute Gasteiger partial charge is 0.198 e. The lowest BCUT2D eigenvalue weighted by Gasteiger charge is -2.17. The van der Waals surface area contributed by atoms with Crippen LogP contribution in [0.15, 0.2) is 60.8 Å². The molecule has 0 fully saturated rings. The number of nitrogens with one attached hydrogen (secondary N) is 1. The summed E-state index contributed by atoms with van der Waals surface area (Å²) < 4.78 is 1.60.